The number of carbonyl (C=O) groups excluding carboxylic acids is 2. The number of nitrogens with one attached hydrogen (secondary N) is 1. The molecule has 2 aromatic rings. The molecule has 3 aliphatic rings. The lowest BCUT2D eigenvalue weighted by atomic mass is 9.91. The molecule has 0 bridgehead atoms. The highest BCUT2D eigenvalue weighted by atomic mass is 35.5. The van der Waals surface area contributed by atoms with Gasteiger partial charge in [-0.25, -0.2) is 19.2 Å². The van der Waals surface area contributed by atoms with E-state index < -0.39 is 42.8 Å². The Labute approximate surface area is 277 Å². The third-order valence-electron chi connectivity index (χ3n) is 9.49. The average molecular weight is 680 g/mol. The third kappa shape index (κ3) is 9.13. The minimum atomic E-state index is -1.69. The van der Waals surface area contributed by atoms with Crippen LogP contribution >= 0.6 is 11.6 Å². The van der Waals surface area contributed by atoms with Crippen molar-refractivity contribution in [3.8, 4) is 0 Å². The smallest absolute Gasteiger partial charge is 0.338 e. The van der Waals surface area contributed by atoms with E-state index in [-0.39, 0.29) is 35.9 Å². The maximum atomic E-state index is 14.9. The number of benzene rings is 1. The van der Waals surface area contributed by atoms with Gasteiger partial charge in [-0.2, -0.15) is 0 Å². The predicted octanol–water partition coefficient (Wildman–Crippen LogP) is 0.00500. The van der Waals surface area contributed by atoms with E-state index in [1.165, 1.54) is 12.1 Å². The molecule has 6 unspecified atom stereocenters. The van der Waals surface area contributed by atoms with E-state index in [1.54, 1.807) is 17.3 Å². The van der Waals surface area contributed by atoms with Crippen molar-refractivity contribution in [1.82, 2.24) is 20.2 Å². The maximum absolute atomic E-state index is 14.9. The Balaban J connectivity index is 0.971. The lowest BCUT2D eigenvalue weighted by molar-refractivity contribution is -0.136. The highest BCUT2D eigenvalue weighted by Gasteiger charge is 2.44. The number of hydrogen-bond acceptors (Lipinski definition) is 12. The molecule has 2 aliphatic heterocycles. The molecule has 258 valence electrons. The molecule has 0 spiro atoms. The Morgan fingerprint density at radius 2 is 1.74 bits per heavy atom. The lowest BCUT2D eigenvalue weighted by Gasteiger charge is -2.39. The van der Waals surface area contributed by atoms with Crippen molar-refractivity contribution >= 4 is 29.4 Å². The summed E-state index contributed by atoms with van der Waals surface area (Å²) in [6.45, 7) is 2.50. The summed E-state index contributed by atoms with van der Waals surface area (Å²) in [5.41, 5.74) is 0.291. The van der Waals surface area contributed by atoms with Gasteiger partial charge in [0.15, 0.2) is 0 Å². The molecular formula is C32H43ClFN5O8. The van der Waals surface area contributed by atoms with Gasteiger partial charge in [0.1, 0.15) is 24.1 Å². The zero-order valence-corrected chi connectivity index (χ0v) is 26.8. The Morgan fingerprint density at radius 3 is 2.40 bits per heavy atom. The number of rotatable bonds is 15. The summed E-state index contributed by atoms with van der Waals surface area (Å²) < 4.78 is 20.4. The molecule has 3 heterocycles. The number of esters is 1. The van der Waals surface area contributed by atoms with E-state index in [1.807, 2.05) is 0 Å². The van der Waals surface area contributed by atoms with Gasteiger partial charge >= 0.3 is 5.97 Å². The highest BCUT2D eigenvalue weighted by molar-refractivity contribution is 6.30. The van der Waals surface area contributed by atoms with Crippen LogP contribution in [0.3, 0.4) is 0 Å². The second-order valence-electron chi connectivity index (χ2n) is 12.9. The SMILES string of the molecule is O=C(OCC1CC1C1CCN(c2ncc(Cl)cn2)CC1)c1ccc(CC(=O)N2CC(CNCC(O)C(O)C(O)C(O)CO)C2)c(F)c1. The van der Waals surface area contributed by atoms with Crippen LogP contribution in [0.4, 0.5) is 10.3 Å². The second kappa shape index (κ2) is 15.9. The topological polar surface area (TPSA) is 189 Å². The summed E-state index contributed by atoms with van der Waals surface area (Å²) in [7, 11) is 0. The highest BCUT2D eigenvalue weighted by Crippen LogP contribution is 2.48. The molecule has 1 aromatic heterocycles. The molecule has 13 nitrogen and oxygen atoms in total. The molecule has 3 fully saturated rings. The van der Waals surface area contributed by atoms with Crippen molar-refractivity contribution in [3.63, 3.8) is 0 Å². The number of carbonyl (C=O) groups is 2. The molecular weight excluding hydrogens is 637 g/mol. The largest absolute Gasteiger partial charge is 0.462 e. The van der Waals surface area contributed by atoms with E-state index in [2.05, 4.69) is 20.2 Å². The molecule has 2 saturated heterocycles. The Kier molecular flexibility index (Phi) is 12.0. The monoisotopic (exact) mass is 679 g/mol. The number of hydrogen-bond donors (Lipinski definition) is 6. The molecule has 6 N–H and O–H groups in total. The van der Waals surface area contributed by atoms with Crippen molar-refractivity contribution in [2.75, 3.05) is 57.4 Å². The minimum absolute atomic E-state index is 0.0660. The number of ether oxygens (including phenoxy) is 1. The summed E-state index contributed by atoms with van der Waals surface area (Å²) >= 11 is 5.89. The van der Waals surface area contributed by atoms with Gasteiger partial charge < -0.3 is 45.4 Å². The molecule has 1 saturated carbocycles. The van der Waals surface area contributed by atoms with Gasteiger partial charge in [-0.15, -0.1) is 0 Å². The van der Waals surface area contributed by atoms with Gasteiger partial charge in [0, 0.05) is 45.2 Å². The van der Waals surface area contributed by atoms with Crippen molar-refractivity contribution in [2.24, 2.45) is 23.7 Å². The van der Waals surface area contributed by atoms with E-state index in [4.69, 9.17) is 21.4 Å². The van der Waals surface area contributed by atoms with Gasteiger partial charge in [-0.1, -0.05) is 17.7 Å². The van der Waals surface area contributed by atoms with Gasteiger partial charge in [0.2, 0.25) is 11.9 Å². The van der Waals surface area contributed by atoms with Crippen LogP contribution in [0.5, 0.6) is 0 Å². The van der Waals surface area contributed by atoms with Gasteiger partial charge in [0.25, 0.3) is 0 Å². The number of anilines is 1. The van der Waals surface area contributed by atoms with Crippen molar-refractivity contribution in [3.05, 3.63) is 52.6 Å². The predicted molar refractivity (Wildman–Crippen MR) is 168 cm³/mol. The first-order valence-corrected chi connectivity index (χ1v) is 16.4. The molecule has 6 atom stereocenters. The van der Waals surface area contributed by atoms with E-state index in [9.17, 15) is 34.4 Å². The number of aliphatic hydroxyl groups is 5. The number of aromatic nitrogens is 2. The standard InChI is InChI=1S/C32H43ClFN5O8/c33-23-11-36-32(37-12-23)38-5-3-19(4-6-38)24-7-22(24)17-47-31(46)21-2-1-20(25(34)8-21)9-28(43)39-14-18(15-39)10-35-13-26(41)29(44)30(45)27(42)16-40/h1-2,8,11-12,18-19,22,24,26-27,29-30,35,40-42,44-45H,3-7,9-10,13-17H2. The van der Waals surface area contributed by atoms with Crippen molar-refractivity contribution in [2.45, 2.75) is 50.1 Å². The van der Waals surface area contributed by atoms with Crippen LogP contribution in [0.1, 0.15) is 35.2 Å². The molecule has 1 amide bonds. The number of likely N-dealkylation sites (tertiary alicyclic amines) is 1. The zero-order valence-electron chi connectivity index (χ0n) is 26.0. The average Bonchev–Trinajstić information content (AvgIpc) is 3.84. The quantitative estimate of drug-likeness (QED) is 0.139. The summed E-state index contributed by atoms with van der Waals surface area (Å²) in [6, 6.07) is 4.03. The van der Waals surface area contributed by atoms with Crippen LogP contribution in [0.2, 0.25) is 5.02 Å². The third-order valence-corrected chi connectivity index (χ3v) is 9.69. The van der Waals surface area contributed by atoms with Crippen LogP contribution in [-0.4, -0.2) is 129 Å². The first kappa shape index (κ1) is 35.3. The Hall–Kier alpha value is -2.98. The summed E-state index contributed by atoms with van der Waals surface area (Å²) in [5, 5.41) is 51.2. The summed E-state index contributed by atoms with van der Waals surface area (Å²) in [6.07, 6.45) is -0.193. The number of piperidine rings is 1. The van der Waals surface area contributed by atoms with Gasteiger partial charge in [-0.05, 0) is 54.7 Å². The number of aliphatic hydroxyl groups excluding tert-OH is 5. The molecule has 15 heteroatoms. The van der Waals surface area contributed by atoms with E-state index in [0.29, 0.717) is 55.0 Å². The normalized spacial score (nSPS) is 22.7. The zero-order chi connectivity index (χ0) is 33.7. The minimum Gasteiger partial charge on any atom is -0.462 e. The molecule has 0 radical (unpaired) electrons. The fourth-order valence-electron chi connectivity index (χ4n) is 6.42. The fraction of sp³-hybridized carbons (Fsp3) is 0.625. The first-order chi connectivity index (χ1) is 22.5. The van der Waals surface area contributed by atoms with Crippen molar-refractivity contribution in [1.29, 1.82) is 0 Å². The summed E-state index contributed by atoms with van der Waals surface area (Å²) in [5.74, 6) is 0.642. The molecule has 1 aromatic carbocycles. The van der Waals surface area contributed by atoms with Crippen LogP contribution in [-0.2, 0) is 16.0 Å². The molecule has 47 heavy (non-hydrogen) atoms. The van der Waals surface area contributed by atoms with Crippen LogP contribution < -0.4 is 10.2 Å². The second-order valence-corrected chi connectivity index (χ2v) is 13.3. The lowest BCUT2D eigenvalue weighted by Crippen LogP contribution is -2.55. The number of halogens is 2. The van der Waals surface area contributed by atoms with Crippen LogP contribution in [0, 0.1) is 29.5 Å². The fourth-order valence-corrected chi connectivity index (χ4v) is 6.51. The van der Waals surface area contributed by atoms with E-state index in [0.717, 1.165) is 38.4 Å². The number of amides is 1. The number of nitrogens with zero attached hydrogens (tertiary/aromatic N) is 4. The Bertz CT molecular complexity index is 1360. The maximum Gasteiger partial charge on any atom is 0.338 e. The van der Waals surface area contributed by atoms with Crippen LogP contribution in [0.15, 0.2) is 30.6 Å². The van der Waals surface area contributed by atoms with Gasteiger partial charge in [-0.3, -0.25) is 4.79 Å². The van der Waals surface area contributed by atoms with Crippen LogP contribution in [0.25, 0.3) is 0 Å². The Morgan fingerprint density at radius 1 is 1.06 bits per heavy atom. The first-order valence-electron chi connectivity index (χ1n) is 16.0. The van der Waals surface area contributed by atoms with E-state index >= 15 is 0 Å². The van der Waals surface area contributed by atoms with Crippen molar-refractivity contribution < 1.29 is 44.2 Å². The molecule has 1 aliphatic carbocycles. The summed E-state index contributed by atoms with van der Waals surface area (Å²) in [4.78, 5) is 37.7. The van der Waals surface area contributed by atoms with Gasteiger partial charge in [0.05, 0.1) is 48.7 Å². The molecule has 5 rings (SSSR count).